The molecule has 8 heteroatoms. The molecule has 0 saturated carbocycles. The number of aryl methyl sites for hydroxylation is 1. The Kier molecular flexibility index (Phi) is 6.66. The number of thioether (sulfide) groups is 1. The van der Waals surface area contributed by atoms with E-state index in [0.29, 0.717) is 24.1 Å². The molecule has 7 nitrogen and oxygen atoms in total. The van der Waals surface area contributed by atoms with Crippen LogP contribution >= 0.6 is 11.8 Å². The van der Waals surface area contributed by atoms with E-state index in [9.17, 15) is 0 Å². The van der Waals surface area contributed by atoms with Gasteiger partial charge in [0, 0.05) is 12.1 Å². The van der Waals surface area contributed by atoms with E-state index in [4.69, 9.17) is 9.26 Å². The molecule has 31 heavy (non-hydrogen) atoms. The summed E-state index contributed by atoms with van der Waals surface area (Å²) >= 11 is 1.54. The molecular weight excluding hydrogens is 410 g/mol. The minimum absolute atomic E-state index is 0.513. The zero-order valence-corrected chi connectivity index (χ0v) is 18.7. The summed E-state index contributed by atoms with van der Waals surface area (Å²) in [4.78, 5) is 4.55. The second kappa shape index (κ2) is 9.78. The second-order valence-corrected chi connectivity index (χ2v) is 8.00. The first-order chi connectivity index (χ1) is 15.2. The third-order valence-electron chi connectivity index (χ3n) is 4.66. The van der Waals surface area contributed by atoms with Crippen molar-refractivity contribution in [3.8, 4) is 28.5 Å². The van der Waals surface area contributed by atoms with Crippen molar-refractivity contribution in [3.05, 3.63) is 60.0 Å². The zero-order valence-electron chi connectivity index (χ0n) is 17.9. The van der Waals surface area contributed by atoms with Crippen LogP contribution in [0.15, 0.2) is 58.2 Å². The van der Waals surface area contributed by atoms with Crippen LogP contribution in [-0.2, 0) is 12.3 Å². The summed E-state index contributed by atoms with van der Waals surface area (Å²) in [6.07, 6.45) is 0.989. The van der Waals surface area contributed by atoms with E-state index in [-0.39, 0.29) is 0 Å². The molecule has 0 spiro atoms. The number of para-hydroxylation sites is 1. The predicted molar refractivity (Wildman–Crippen MR) is 121 cm³/mol. The fourth-order valence-electron chi connectivity index (χ4n) is 3.30. The van der Waals surface area contributed by atoms with E-state index >= 15 is 0 Å². The topological polar surface area (TPSA) is 78.9 Å². The molecule has 4 rings (SSSR count). The molecule has 0 N–H and O–H groups in total. The van der Waals surface area contributed by atoms with E-state index in [2.05, 4.69) is 57.0 Å². The number of benzene rings is 2. The molecule has 160 valence electrons. The summed E-state index contributed by atoms with van der Waals surface area (Å²) < 4.78 is 13.3. The van der Waals surface area contributed by atoms with Gasteiger partial charge in [0.1, 0.15) is 5.75 Å². The monoisotopic (exact) mass is 435 g/mol. The first-order valence-corrected chi connectivity index (χ1v) is 11.4. The van der Waals surface area contributed by atoms with E-state index in [1.807, 2.05) is 37.3 Å². The smallest absolute Gasteiger partial charge is 0.237 e. The van der Waals surface area contributed by atoms with Gasteiger partial charge in [0.15, 0.2) is 11.0 Å². The van der Waals surface area contributed by atoms with E-state index in [1.165, 1.54) is 5.56 Å². The van der Waals surface area contributed by atoms with Crippen molar-refractivity contribution in [2.24, 2.45) is 0 Å². The van der Waals surface area contributed by atoms with Gasteiger partial charge in [-0.15, -0.1) is 10.2 Å². The summed E-state index contributed by atoms with van der Waals surface area (Å²) in [7, 11) is 0. The second-order valence-electron chi connectivity index (χ2n) is 7.06. The van der Waals surface area contributed by atoms with Crippen LogP contribution in [0, 0.1) is 6.92 Å². The molecule has 0 radical (unpaired) electrons. The quantitative estimate of drug-likeness (QED) is 0.325. The molecule has 0 aliphatic carbocycles. The fraction of sp³-hybridized carbons (Fsp3) is 0.304. The number of hydrogen-bond donors (Lipinski definition) is 0. The summed E-state index contributed by atoms with van der Waals surface area (Å²) in [6.45, 7) is 7.60. The molecule has 0 saturated heterocycles. The molecule has 2 aromatic heterocycles. The molecule has 0 aliphatic heterocycles. The van der Waals surface area contributed by atoms with Gasteiger partial charge in [-0.2, -0.15) is 4.98 Å². The van der Waals surface area contributed by atoms with Crippen LogP contribution in [0.5, 0.6) is 5.75 Å². The molecule has 0 atom stereocenters. The lowest BCUT2D eigenvalue weighted by molar-refractivity contribution is 0.341. The molecule has 0 bridgehead atoms. The van der Waals surface area contributed by atoms with Crippen LogP contribution in [0.25, 0.3) is 22.8 Å². The third kappa shape index (κ3) is 4.80. The molecule has 0 unspecified atom stereocenters. The Hall–Kier alpha value is -3.13. The number of rotatable bonds is 9. The van der Waals surface area contributed by atoms with Crippen LogP contribution in [0.1, 0.15) is 31.7 Å². The third-order valence-corrected chi connectivity index (χ3v) is 5.61. The number of hydrogen-bond acceptors (Lipinski definition) is 7. The van der Waals surface area contributed by atoms with Crippen molar-refractivity contribution in [2.75, 3.05) is 6.61 Å². The van der Waals surface area contributed by atoms with Crippen molar-refractivity contribution < 1.29 is 9.26 Å². The van der Waals surface area contributed by atoms with Gasteiger partial charge in [-0.05, 0) is 38.5 Å². The normalized spacial score (nSPS) is 11.1. The zero-order chi connectivity index (χ0) is 21.6. The van der Waals surface area contributed by atoms with Gasteiger partial charge >= 0.3 is 0 Å². The standard InChI is InChI=1S/C23H25N5O2S/c1-4-13-28-22(17-10-8-9-16(3)14-17)25-26-23(28)31-15-20-24-21(27-30-20)18-11-6-7-12-19(18)29-5-2/h6-12,14H,4-5,13,15H2,1-3H3. The molecule has 0 fully saturated rings. The predicted octanol–water partition coefficient (Wildman–Crippen LogP) is 5.40. The highest BCUT2D eigenvalue weighted by molar-refractivity contribution is 7.98. The van der Waals surface area contributed by atoms with Crippen LogP contribution in [-0.4, -0.2) is 31.5 Å². The lowest BCUT2D eigenvalue weighted by Crippen LogP contribution is -2.02. The van der Waals surface area contributed by atoms with Crippen molar-refractivity contribution in [1.29, 1.82) is 0 Å². The van der Waals surface area contributed by atoms with E-state index < -0.39 is 0 Å². The van der Waals surface area contributed by atoms with Gasteiger partial charge in [-0.1, -0.05) is 59.7 Å². The summed E-state index contributed by atoms with van der Waals surface area (Å²) in [5, 5.41) is 13.9. The Labute approximate surface area is 185 Å². The highest BCUT2D eigenvalue weighted by Gasteiger charge is 2.17. The van der Waals surface area contributed by atoms with Gasteiger partial charge < -0.3 is 13.8 Å². The van der Waals surface area contributed by atoms with Crippen molar-refractivity contribution in [2.45, 2.75) is 44.6 Å². The van der Waals surface area contributed by atoms with Gasteiger partial charge in [0.05, 0.1) is 17.9 Å². The van der Waals surface area contributed by atoms with E-state index in [1.54, 1.807) is 11.8 Å². The van der Waals surface area contributed by atoms with Gasteiger partial charge in [0.25, 0.3) is 0 Å². The van der Waals surface area contributed by atoms with Crippen LogP contribution in [0.2, 0.25) is 0 Å². The van der Waals surface area contributed by atoms with Crippen LogP contribution in [0.3, 0.4) is 0 Å². The first kappa shape index (κ1) is 21.1. The Bertz CT molecular complexity index is 1150. The summed E-state index contributed by atoms with van der Waals surface area (Å²) in [6, 6.07) is 16.0. The minimum Gasteiger partial charge on any atom is -0.493 e. The van der Waals surface area contributed by atoms with Crippen molar-refractivity contribution in [3.63, 3.8) is 0 Å². The maximum absolute atomic E-state index is 5.68. The molecular formula is C23H25N5O2S. The van der Waals surface area contributed by atoms with Gasteiger partial charge in [0.2, 0.25) is 11.7 Å². The highest BCUT2D eigenvalue weighted by Crippen LogP contribution is 2.30. The van der Waals surface area contributed by atoms with Crippen LogP contribution < -0.4 is 4.74 Å². The van der Waals surface area contributed by atoms with E-state index in [0.717, 1.165) is 40.8 Å². The number of aromatic nitrogens is 5. The molecule has 4 aromatic rings. The molecule has 2 aromatic carbocycles. The lowest BCUT2D eigenvalue weighted by atomic mass is 10.1. The van der Waals surface area contributed by atoms with Crippen molar-refractivity contribution >= 4 is 11.8 Å². The number of nitrogens with zero attached hydrogens (tertiary/aromatic N) is 5. The maximum Gasteiger partial charge on any atom is 0.237 e. The average molecular weight is 436 g/mol. The minimum atomic E-state index is 0.513. The fourth-order valence-corrected chi connectivity index (χ4v) is 4.10. The largest absolute Gasteiger partial charge is 0.493 e. The maximum atomic E-state index is 5.68. The lowest BCUT2D eigenvalue weighted by Gasteiger charge is -2.08. The first-order valence-electron chi connectivity index (χ1n) is 10.4. The highest BCUT2D eigenvalue weighted by atomic mass is 32.2. The van der Waals surface area contributed by atoms with Gasteiger partial charge in [-0.25, -0.2) is 0 Å². The Morgan fingerprint density at radius 1 is 1.06 bits per heavy atom. The van der Waals surface area contributed by atoms with Gasteiger partial charge in [-0.3, -0.25) is 0 Å². The summed E-state index contributed by atoms with van der Waals surface area (Å²) in [5.41, 5.74) is 3.09. The summed E-state index contributed by atoms with van der Waals surface area (Å²) in [5.74, 6) is 3.20. The Morgan fingerprint density at radius 3 is 2.74 bits per heavy atom. The SMILES string of the molecule is CCCn1c(SCc2nc(-c3ccccc3OCC)no2)nnc1-c1cccc(C)c1. The molecule has 0 aliphatic rings. The molecule has 2 heterocycles. The molecule has 0 amide bonds. The Morgan fingerprint density at radius 2 is 1.94 bits per heavy atom. The van der Waals surface area contributed by atoms with Crippen molar-refractivity contribution in [1.82, 2.24) is 24.9 Å². The average Bonchev–Trinajstić information content (AvgIpc) is 3.40. The Balaban J connectivity index is 1.53. The number of ether oxygens (including phenoxy) is 1. The van der Waals surface area contributed by atoms with Crippen LogP contribution in [0.4, 0.5) is 0 Å².